The number of methoxy groups -OCH3 is 3. The Morgan fingerprint density at radius 2 is 1.57 bits per heavy atom. The summed E-state index contributed by atoms with van der Waals surface area (Å²) in [4.78, 5) is 12.2. The number of hydrogen-bond acceptors (Lipinski definition) is 5. The molecule has 118 valence electrons. The predicted octanol–water partition coefficient (Wildman–Crippen LogP) is 1.44. The van der Waals surface area contributed by atoms with Gasteiger partial charge >= 0.3 is 0 Å². The Kier molecular flexibility index (Phi) is 6.81. The number of rotatable bonds is 8. The standard InChI is InChI=1S/C15H24N2O4/c1-10(2)16-6-7-17-15(18)11-8-13(20-4)14(21-5)9-12(11)19-3/h8-10,16H,6-7H2,1-5H3,(H,17,18). The van der Waals surface area contributed by atoms with Crippen molar-refractivity contribution in [3.05, 3.63) is 17.7 Å². The highest BCUT2D eigenvalue weighted by Crippen LogP contribution is 2.34. The van der Waals surface area contributed by atoms with Gasteiger partial charge in [-0.3, -0.25) is 4.79 Å². The van der Waals surface area contributed by atoms with Crippen molar-refractivity contribution in [3.63, 3.8) is 0 Å². The Labute approximate surface area is 125 Å². The Morgan fingerprint density at radius 1 is 1.00 bits per heavy atom. The summed E-state index contributed by atoms with van der Waals surface area (Å²) >= 11 is 0. The van der Waals surface area contributed by atoms with Gasteiger partial charge in [-0.05, 0) is 0 Å². The van der Waals surface area contributed by atoms with E-state index in [1.165, 1.54) is 21.3 Å². The van der Waals surface area contributed by atoms with Crippen LogP contribution in [0.1, 0.15) is 24.2 Å². The summed E-state index contributed by atoms with van der Waals surface area (Å²) in [6.45, 7) is 5.35. The zero-order valence-electron chi connectivity index (χ0n) is 13.3. The monoisotopic (exact) mass is 296 g/mol. The molecular formula is C15H24N2O4. The van der Waals surface area contributed by atoms with E-state index in [2.05, 4.69) is 24.5 Å². The minimum atomic E-state index is -0.210. The van der Waals surface area contributed by atoms with Gasteiger partial charge in [0.1, 0.15) is 5.75 Å². The van der Waals surface area contributed by atoms with Crippen LogP contribution >= 0.6 is 0 Å². The molecule has 6 heteroatoms. The van der Waals surface area contributed by atoms with Crippen molar-refractivity contribution in [2.75, 3.05) is 34.4 Å². The van der Waals surface area contributed by atoms with Crippen LogP contribution in [0.25, 0.3) is 0 Å². The Morgan fingerprint density at radius 3 is 2.10 bits per heavy atom. The lowest BCUT2D eigenvalue weighted by atomic mass is 10.1. The van der Waals surface area contributed by atoms with Crippen molar-refractivity contribution in [2.24, 2.45) is 0 Å². The van der Waals surface area contributed by atoms with E-state index in [4.69, 9.17) is 14.2 Å². The topological polar surface area (TPSA) is 68.8 Å². The molecule has 1 rings (SSSR count). The molecule has 0 heterocycles. The number of amides is 1. The van der Waals surface area contributed by atoms with Gasteiger partial charge in [-0.15, -0.1) is 0 Å². The zero-order valence-corrected chi connectivity index (χ0v) is 13.3. The summed E-state index contributed by atoms with van der Waals surface area (Å²) in [5, 5.41) is 6.07. The first-order valence-electron chi connectivity index (χ1n) is 6.85. The number of hydrogen-bond donors (Lipinski definition) is 2. The Hall–Kier alpha value is -1.95. The van der Waals surface area contributed by atoms with Crippen LogP contribution in [0.2, 0.25) is 0 Å². The van der Waals surface area contributed by atoms with Crippen LogP contribution in [0.5, 0.6) is 17.2 Å². The fourth-order valence-electron chi connectivity index (χ4n) is 1.84. The van der Waals surface area contributed by atoms with Crippen molar-refractivity contribution in [3.8, 4) is 17.2 Å². The maximum absolute atomic E-state index is 12.2. The summed E-state index contributed by atoms with van der Waals surface area (Å²) in [5.74, 6) is 1.25. The third kappa shape index (κ3) is 4.82. The van der Waals surface area contributed by atoms with Gasteiger partial charge in [0.2, 0.25) is 0 Å². The molecule has 6 nitrogen and oxygen atoms in total. The summed E-state index contributed by atoms with van der Waals surface area (Å²) in [6, 6.07) is 3.64. The van der Waals surface area contributed by atoms with Gasteiger partial charge in [0.05, 0.1) is 26.9 Å². The molecule has 0 bridgehead atoms. The highest BCUT2D eigenvalue weighted by Gasteiger charge is 2.17. The van der Waals surface area contributed by atoms with Gasteiger partial charge in [-0.1, -0.05) is 13.8 Å². The van der Waals surface area contributed by atoms with Crippen molar-refractivity contribution in [1.82, 2.24) is 10.6 Å². The van der Waals surface area contributed by atoms with E-state index in [9.17, 15) is 4.79 Å². The molecule has 1 aromatic carbocycles. The smallest absolute Gasteiger partial charge is 0.255 e. The molecule has 0 fully saturated rings. The summed E-state index contributed by atoms with van der Waals surface area (Å²) in [7, 11) is 4.57. The number of nitrogens with one attached hydrogen (secondary N) is 2. The first kappa shape index (κ1) is 17.1. The molecule has 0 radical (unpaired) electrons. The van der Waals surface area contributed by atoms with E-state index < -0.39 is 0 Å². The molecule has 21 heavy (non-hydrogen) atoms. The molecule has 0 aliphatic heterocycles. The van der Waals surface area contributed by atoms with E-state index in [1.807, 2.05) is 0 Å². The average Bonchev–Trinajstić information content (AvgIpc) is 2.49. The van der Waals surface area contributed by atoms with Crippen LogP contribution in [-0.2, 0) is 0 Å². The van der Waals surface area contributed by atoms with Gasteiger partial charge < -0.3 is 24.8 Å². The van der Waals surface area contributed by atoms with Crippen molar-refractivity contribution >= 4 is 5.91 Å². The van der Waals surface area contributed by atoms with Crippen molar-refractivity contribution in [1.29, 1.82) is 0 Å². The van der Waals surface area contributed by atoms with Gasteiger partial charge in [0.15, 0.2) is 11.5 Å². The first-order chi connectivity index (χ1) is 10.0. The number of ether oxygens (including phenoxy) is 3. The first-order valence-corrected chi connectivity index (χ1v) is 6.85. The maximum Gasteiger partial charge on any atom is 0.255 e. The average molecular weight is 296 g/mol. The molecule has 0 saturated heterocycles. The van der Waals surface area contributed by atoms with Gasteiger partial charge in [0, 0.05) is 31.3 Å². The van der Waals surface area contributed by atoms with Gasteiger partial charge in [-0.2, -0.15) is 0 Å². The molecular weight excluding hydrogens is 272 g/mol. The van der Waals surface area contributed by atoms with E-state index >= 15 is 0 Å². The van der Waals surface area contributed by atoms with Crippen LogP contribution in [0.4, 0.5) is 0 Å². The van der Waals surface area contributed by atoms with Crippen molar-refractivity contribution < 1.29 is 19.0 Å². The van der Waals surface area contributed by atoms with Gasteiger partial charge in [0.25, 0.3) is 5.91 Å². The van der Waals surface area contributed by atoms with E-state index in [0.717, 1.165) is 0 Å². The van der Waals surface area contributed by atoms with Crippen molar-refractivity contribution in [2.45, 2.75) is 19.9 Å². The lowest BCUT2D eigenvalue weighted by Gasteiger charge is -2.14. The van der Waals surface area contributed by atoms with Crippen LogP contribution in [0, 0.1) is 0 Å². The second-order valence-electron chi connectivity index (χ2n) is 4.77. The minimum absolute atomic E-state index is 0.210. The van der Waals surface area contributed by atoms with E-state index in [0.29, 0.717) is 41.9 Å². The molecule has 2 N–H and O–H groups in total. The summed E-state index contributed by atoms with van der Waals surface area (Å²) in [6.07, 6.45) is 0. The van der Waals surface area contributed by atoms with Crippen LogP contribution in [0.15, 0.2) is 12.1 Å². The van der Waals surface area contributed by atoms with Gasteiger partial charge in [-0.25, -0.2) is 0 Å². The maximum atomic E-state index is 12.2. The third-order valence-electron chi connectivity index (χ3n) is 2.91. The molecule has 0 spiro atoms. The van der Waals surface area contributed by atoms with E-state index in [1.54, 1.807) is 12.1 Å². The second kappa shape index (κ2) is 8.36. The fourth-order valence-corrected chi connectivity index (χ4v) is 1.84. The minimum Gasteiger partial charge on any atom is -0.496 e. The van der Waals surface area contributed by atoms with Crippen LogP contribution in [0.3, 0.4) is 0 Å². The van der Waals surface area contributed by atoms with E-state index in [-0.39, 0.29) is 5.91 Å². The normalized spacial score (nSPS) is 10.4. The van der Waals surface area contributed by atoms with Crippen LogP contribution in [-0.4, -0.2) is 46.4 Å². The lowest BCUT2D eigenvalue weighted by molar-refractivity contribution is 0.0950. The highest BCUT2D eigenvalue weighted by molar-refractivity contribution is 5.97. The number of benzene rings is 1. The molecule has 0 unspecified atom stereocenters. The molecule has 0 aliphatic carbocycles. The lowest BCUT2D eigenvalue weighted by Crippen LogP contribution is -2.34. The molecule has 0 aliphatic rings. The third-order valence-corrected chi connectivity index (χ3v) is 2.91. The Bertz CT molecular complexity index is 475. The predicted molar refractivity (Wildman–Crippen MR) is 81.6 cm³/mol. The summed E-state index contributed by atoms with van der Waals surface area (Å²) < 4.78 is 15.6. The molecule has 0 atom stereocenters. The summed E-state index contributed by atoms with van der Waals surface area (Å²) in [5.41, 5.74) is 0.416. The van der Waals surface area contributed by atoms with Crippen LogP contribution < -0.4 is 24.8 Å². The zero-order chi connectivity index (χ0) is 15.8. The number of carbonyl (C=O) groups is 1. The SMILES string of the molecule is COc1cc(OC)c(C(=O)NCCNC(C)C)cc1OC. The largest absolute Gasteiger partial charge is 0.496 e. The molecule has 0 saturated carbocycles. The second-order valence-corrected chi connectivity index (χ2v) is 4.77. The quantitative estimate of drug-likeness (QED) is 0.711. The Balaban J connectivity index is 2.82. The molecule has 1 aromatic rings. The highest BCUT2D eigenvalue weighted by atomic mass is 16.5. The fraction of sp³-hybridized carbons (Fsp3) is 0.533. The molecule has 0 aromatic heterocycles. The number of carbonyl (C=O) groups excluding carboxylic acids is 1. The molecule has 1 amide bonds.